The summed E-state index contributed by atoms with van der Waals surface area (Å²) >= 11 is 0. The monoisotopic (exact) mass is 188 g/mol. The van der Waals surface area contributed by atoms with Crippen LogP contribution in [-0.4, -0.2) is 25.5 Å². The van der Waals surface area contributed by atoms with Crippen molar-refractivity contribution in [3.8, 4) is 0 Å². The fourth-order valence-electron chi connectivity index (χ4n) is 0.761. The second-order valence-corrected chi connectivity index (χ2v) is 2.90. The minimum absolute atomic E-state index is 0.280. The number of hydrogen-bond donors (Lipinski definition) is 2. The predicted molar refractivity (Wildman–Crippen MR) is 57.8 cm³/mol. The van der Waals surface area contributed by atoms with Crippen LogP contribution in [0.3, 0.4) is 0 Å². The molecule has 0 spiro atoms. The Morgan fingerprint density at radius 1 is 1.23 bits per heavy atom. The third kappa shape index (κ3) is 18.4. The zero-order chi connectivity index (χ0) is 10.5. The van der Waals surface area contributed by atoms with Crippen molar-refractivity contribution >= 4 is 6.41 Å². The van der Waals surface area contributed by atoms with Crippen molar-refractivity contribution in [1.82, 2.24) is 10.6 Å². The van der Waals surface area contributed by atoms with E-state index in [9.17, 15) is 4.79 Å². The molecule has 0 atom stereocenters. The zero-order valence-electron chi connectivity index (χ0n) is 9.39. The first-order chi connectivity index (χ1) is 6.27. The molecule has 0 bridgehead atoms. The number of carbonyl (C=O) groups excluding carboxylic acids is 1. The van der Waals surface area contributed by atoms with Crippen molar-refractivity contribution in [2.24, 2.45) is 0 Å². The smallest absolute Gasteiger partial charge is 0.207 e. The minimum Gasteiger partial charge on any atom is -0.357 e. The van der Waals surface area contributed by atoms with Gasteiger partial charge in [-0.05, 0) is 39.8 Å². The van der Waals surface area contributed by atoms with Crippen molar-refractivity contribution in [2.45, 2.75) is 46.6 Å². The van der Waals surface area contributed by atoms with E-state index in [1.54, 1.807) is 0 Å². The van der Waals surface area contributed by atoms with Crippen molar-refractivity contribution in [3.63, 3.8) is 0 Å². The molecule has 0 aromatic rings. The van der Waals surface area contributed by atoms with E-state index in [2.05, 4.69) is 10.6 Å². The Kier molecular flexibility index (Phi) is 16.1. The molecule has 1 rings (SSSR count). The highest BCUT2D eigenvalue weighted by atomic mass is 16.1. The van der Waals surface area contributed by atoms with Gasteiger partial charge >= 0.3 is 0 Å². The maximum atomic E-state index is 9.50. The Hall–Kier alpha value is -0.570. The molecule has 2 N–H and O–H groups in total. The van der Waals surface area contributed by atoms with Gasteiger partial charge in [0.25, 0.3) is 0 Å². The maximum absolute atomic E-state index is 9.50. The minimum atomic E-state index is 0.280. The number of nitrogens with one attached hydrogen (secondary N) is 2. The molecular formula is C10H24N2O. The van der Waals surface area contributed by atoms with Gasteiger partial charge in [0.1, 0.15) is 0 Å². The van der Waals surface area contributed by atoms with Crippen LogP contribution in [0.15, 0.2) is 0 Å². The summed E-state index contributed by atoms with van der Waals surface area (Å²) in [4.78, 5) is 9.50. The number of carbonyl (C=O) groups is 1. The van der Waals surface area contributed by atoms with Crippen LogP contribution in [0, 0.1) is 0 Å². The summed E-state index contributed by atoms with van der Waals surface area (Å²) < 4.78 is 0. The SMILES string of the molecule is C1CCNC1.CC.CC(C)NC=O. The van der Waals surface area contributed by atoms with Crippen LogP contribution in [0.2, 0.25) is 0 Å². The van der Waals surface area contributed by atoms with E-state index in [0.29, 0.717) is 6.41 Å². The molecule has 0 aliphatic carbocycles. The topological polar surface area (TPSA) is 41.1 Å². The quantitative estimate of drug-likeness (QED) is 0.645. The van der Waals surface area contributed by atoms with E-state index in [1.165, 1.54) is 25.9 Å². The van der Waals surface area contributed by atoms with E-state index in [4.69, 9.17) is 0 Å². The van der Waals surface area contributed by atoms with Gasteiger partial charge in [0.05, 0.1) is 0 Å². The van der Waals surface area contributed by atoms with Gasteiger partial charge in [-0.2, -0.15) is 0 Å². The van der Waals surface area contributed by atoms with Gasteiger partial charge in [0.15, 0.2) is 0 Å². The molecule has 0 aromatic carbocycles. The fourth-order valence-corrected chi connectivity index (χ4v) is 0.761. The molecule has 1 aliphatic heterocycles. The standard InChI is InChI=1S/C4H9NO.C4H9N.C2H6/c1-4(2)5-3-6;1-2-4-5-3-1;1-2/h3-4H,1-2H3,(H,5,6);5H,1-4H2;1-2H3. The van der Waals surface area contributed by atoms with Crippen molar-refractivity contribution < 1.29 is 4.79 Å². The molecule has 80 valence electrons. The summed E-state index contributed by atoms with van der Waals surface area (Å²) in [7, 11) is 0. The molecule has 1 heterocycles. The second kappa shape index (κ2) is 14.0. The van der Waals surface area contributed by atoms with E-state index in [-0.39, 0.29) is 6.04 Å². The molecule has 0 aromatic heterocycles. The summed E-state index contributed by atoms with van der Waals surface area (Å²) in [5.41, 5.74) is 0. The molecule has 0 unspecified atom stereocenters. The van der Waals surface area contributed by atoms with Crippen LogP contribution in [-0.2, 0) is 4.79 Å². The lowest BCUT2D eigenvalue weighted by Crippen LogP contribution is -2.19. The van der Waals surface area contributed by atoms with Gasteiger partial charge < -0.3 is 10.6 Å². The number of amides is 1. The predicted octanol–water partition coefficient (Wildman–Crippen LogP) is 1.54. The van der Waals surface area contributed by atoms with Gasteiger partial charge in [-0.15, -0.1) is 0 Å². The third-order valence-corrected chi connectivity index (χ3v) is 1.36. The molecule has 3 heteroatoms. The fraction of sp³-hybridized carbons (Fsp3) is 0.900. The van der Waals surface area contributed by atoms with Gasteiger partial charge in [0.2, 0.25) is 6.41 Å². The molecule has 0 radical (unpaired) electrons. The Morgan fingerprint density at radius 2 is 1.69 bits per heavy atom. The molecule has 1 amide bonds. The molecule has 13 heavy (non-hydrogen) atoms. The first kappa shape index (κ1) is 14.9. The summed E-state index contributed by atoms with van der Waals surface area (Å²) in [5, 5.41) is 5.75. The highest BCUT2D eigenvalue weighted by molar-refractivity contribution is 5.46. The largest absolute Gasteiger partial charge is 0.357 e. The number of hydrogen-bond acceptors (Lipinski definition) is 2. The summed E-state index contributed by atoms with van der Waals surface area (Å²) in [5.74, 6) is 0. The number of rotatable bonds is 2. The average Bonchev–Trinajstić information content (AvgIpc) is 2.64. The van der Waals surface area contributed by atoms with Crippen LogP contribution >= 0.6 is 0 Å². The average molecular weight is 188 g/mol. The highest BCUT2D eigenvalue weighted by Crippen LogP contribution is 1.90. The van der Waals surface area contributed by atoms with Gasteiger partial charge in [-0.1, -0.05) is 13.8 Å². The van der Waals surface area contributed by atoms with E-state index >= 15 is 0 Å². The Balaban J connectivity index is 0. The lowest BCUT2D eigenvalue weighted by molar-refractivity contribution is -0.109. The lowest BCUT2D eigenvalue weighted by atomic mass is 10.4. The first-order valence-corrected chi connectivity index (χ1v) is 5.17. The van der Waals surface area contributed by atoms with Gasteiger partial charge in [-0.25, -0.2) is 0 Å². The Morgan fingerprint density at radius 3 is 1.77 bits per heavy atom. The highest BCUT2D eigenvalue weighted by Gasteiger charge is 1.93. The Labute approximate surface area is 82.3 Å². The third-order valence-electron chi connectivity index (χ3n) is 1.36. The van der Waals surface area contributed by atoms with Crippen LogP contribution in [0.1, 0.15) is 40.5 Å². The van der Waals surface area contributed by atoms with Gasteiger partial charge in [0, 0.05) is 6.04 Å². The summed E-state index contributed by atoms with van der Waals surface area (Å²) in [6.07, 6.45) is 3.48. The normalized spacial score (nSPS) is 13.6. The molecule has 3 nitrogen and oxygen atoms in total. The second-order valence-electron chi connectivity index (χ2n) is 2.90. The first-order valence-electron chi connectivity index (χ1n) is 5.17. The van der Waals surface area contributed by atoms with E-state index < -0.39 is 0 Å². The molecular weight excluding hydrogens is 164 g/mol. The summed E-state index contributed by atoms with van der Waals surface area (Å²) in [6, 6.07) is 0.280. The van der Waals surface area contributed by atoms with E-state index in [0.717, 1.165) is 0 Å². The summed E-state index contributed by atoms with van der Waals surface area (Å²) in [6.45, 7) is 10.3. The van der Waals surface area contributed by atoms with Crippen LogP contribution in [0.25, 0.3) is 0 Å². The van der Waals surface area contributed by atoms with Crippen molar-refractivity contribution in [3.05, 3.63) is 0 Å². The molecule has 1 saturated heterocycles. The molecule has 1 fully saturated rings. The maximum Gasteiger partial charge on any atom is 0.207 e. The van der Waals surface area contributed by atoms with Crippen LogP contribution < -0.4 is 10.6 Å². The van der Waals surface area contributed by atoms with Crippen LogP contribution in [0.4, 0.5) is 0 Å². The zero-order valence-corrected chi connectivity index (χ0v) is 9.39. The lowest BCUT2D eigenvalue weighted by Gasteiger charge is -1.96. The van der Waals surface area contributed by atoms with Crippen molar-refractivity contribution in [2.75, 3.05) is 13.1 Å². The van der Waals surface area contributed by atoms with E-state index in [1.807, 2.05) is 27.7 Å². The molecule has 1 aliphatic rings. The Bertz CT molecular complexity index is 83.3. The van der Waals surface area contributed by atoms with Crippen molar-refractivity contribution in [1.29, 1.82) is 0 Å². The van der Waals surface area contributed by atoms with Gasteiger partial charge in [-0.3, -0.25) is 4.79 Å². The molecule has 0 saturated carbocycles. The van der Waals surface area contributed by atoms with Crippen LogP contribution in [0.5, 0.6) is 0 Å².